The third kappa shape index (κ3) is 2.19. The molecule has 64 valence electrons. The zero-order valence-corrected chi connectivity index (χ0v) is 8.11. The van der Waals surface area contributed by atoms with E-state index in [4.69, 9.17) is 5.11 Å². The molecule has 4 heteroatoms. The first-order valence-corrected chi connectivity index (χ1v) is 5.84. The van der Waals surface area contributed by atoms with Crippen molar-refractivity contribution in [2.24, 2.45) is 0 Å². The smallest absolute Gasteiger partial charge is 0.336 e. The van der Waals surface area contributed by atoms with Gasteiger partial charge in [-0.15, -0.1) is 0 Å². The lowest BCUT2D eigenvalue weighted by atomic mass is 10.2. The van der Waals surface area contributed by atoms with Crippen LogP contribution in [0.4, 0.5) is 0 Å². The zero-order valence-electron chi connectivity index (χ0n) is 6.48. The fourth-order valence-corrected chi connectivity index (χ4v) is 2.34. The van der Waals surface area contributed by atoms with Gasteiger partial charge in [0.2, 0.25) is 0 Å². The first-order valence-electron chi connectivity index (χ1n) is 3.28. The van der Waals surface area contributed by atoms with Crippen LogP contribution in [0.1, 0.15) is 10.4 Å². The molecule has 1 rings (SSSR count). The van der Waals surface area contributed by atoms with Crippen LogP contribution in [0, 0.1) is 0 Å². The molecule has 0 atom stereocenters. The quantitative estimate of drug-likeness (QED) is 0.761. The first-order chi connectivity index (χ1) is 5.75. The Bertz CT molecular complexity index is 286. The van der Waals surface area contributed by atoms with Gasteiger partial charge in [-0.2, -0.15) is 0 Å². The summed E-state index contributed by atoms with van der Waals surface area (Å²) in [5, 5.41) is 8.77. The van der Waals surface area contributed by atoms with Crippen LogP contribution in [-0.2, 0) is 0 Å². The highest BCUT2D eigenvalue weighted by Gasteiger charge is 2.07. The van der Waals surface area contributed by atoms with Crippen LogP contribution >= 0.6 is 21.6 Å². The van der Waals surface area contributed by atoms with Crippen molar-refractivity contribution >= 4 is 27.6 Å². The van der Waals surface area contributed by atoms with Crippen LogP contribution in [0.15, 0.2) is 29.2 Å². The molecule has 0 bridgehead atoms. The molecule has 2 nitrogen and oxygen atoms in total. The summed E-state index contributed by atoms with van der Waals surface area (Å²) in [6, 6.07) is 6.99. The third-order valence-electron chi connectivity index (χ3n) is 1.29. The fourth-order valence-electron chi connectivity index (χ4n) is 0.806. The summed E-state index contributed by atoms with van der Waals surface area (Å²) in [7, 11) is 3.01. The number of hydrogen-bond acceptors (Lipinski definition) is 3. The summed E-state index contributed by atoms with van der Waals surface area (Å²) >= 11 is 0. The maximum atomic E-state index is 10.7. The van der Waals surface area contributed by atoms with Crippen molar-refractivity contribution in [1.29, 1.82) is 0 Å². The molecule has 1 aromatic rings. The van der Waals surface area contributed by atoms with Crippen molar-refractivity contribution in [1.82, 2.24) is 0 Å². The number of carbonyl (C=O) groups is 1. The van der Waals surface area contributed by atoms with E-state index in [1.807, 2.05) is 18.4 Å². The predicted molar refractivity (Wildman–Crippen MR) is 52.8 cm³/mol. The number of aromatic carboxylic acids is 1. The lowest BCUT2D eigenvalue weighted by Gasteiger charge is -2.01. The summed E-state index contributed by atoms with van der Waals surface area (Å²) in [5.41, 5.74) is 0.372. The van der Waals surface area contributed by atoms with Crippen LogP contribution in [0.25, 0.3) is 0 Å². The Morgan fingerprint density at radius 2 is 2.08 bits per heavy atom. The van der Waals surface area contributed by atoms with Gasteiger partial charge in [0, 0.05) is 4.90 Å². The molecule has 0 aliphatic heterocycles. The van der Waals surface area contributed by atoms with Gasteiger partial charge in [-0.3, -0.25) is 0 Å². The highest BCUT2D eigenvalue weighted by Crippen LogP contribution is 2.30. The van der Waals surface area contributed by atoms with E-state index in [-0.39, 0.29) is 0 Å². The van der Waals surface area contributed by atoms with Crippen molar-refractivity contribution in [2.75, 3.05) is 6.26 Å². The zero-order chi connectivity index (χ0) is 8.97. The van der Waals surface area contributed by atoms with Gasteiger partial charge in [-0.1, -0.05) is 33.7 Å². The van der Waals surface area contributed by atoms with E-state index in [9.17, 15) is 4.79 Å². The highest BCUT2D eigenvalue weighted by atomic mass is 33.1. The molecule has 0 aliphatic carbocycles. The third-order valence-corrected chi connectivity index (χ3v) is 3.03. The Labute approximate surface area is 78.8 Å². The Morgan fingerprint density at radius 1 is 1.42 bits per heavy atom. The molecule has 0 saturated heterocycles. The van der Waals surface area contributed by atoms with Gasteiger partial charge in [0.15, 0.2) is 0 Å². The van der Waals surface area contributed by atoms with E-state index in [1.165, 1.54) is 21.6 Å². The van der Waals surface area contributed by atoms with E-state index >= 15 is 0 Å². The van der Waals surface area contributed by atoms with E-state index < -0.39 is 5.97 Å². The Kier molecular flexibility index (Phi) is 3.49. The average molecular weight is 200 g/mol. The summed E-state index contributed by atoms with van der Waals surface area (Å²) < 4.78 is 0. The van der Waals surface area contributed by atoms with E-state index in [2.05, 4.69) is 0 Å². The molecule has 0 saturated carbocycles. The van der Waals surface area contributed by atoms with Crippen molar-refractivity contribution < 1.29 is 9.90 Å². The van der Waals surface area contributed by atoms with Gasteiger partial charge in [0.05, 0.1) is 5.56 Å². The normalized spacial score (nSPS) is 9.75. The molecule has 0 amide bonds. The van der Waals surface area contributed by atoms with Crippen LogP contribution in [0.3, 0.4) is 0 Å². The largest absolute Gasteiger partial charge is 0.478 e. The molecule has 0 radical (unpaired) electrons. The van der Waals surface area contributed by atoms with Gasteiger partial charge in [0.1, 0.15) is 0 Å². The molecule has 0 spiro atoms. The van der Waals surface area contributed by atoms with E-state index in [0.29, 0.717) is 5.56 Å². The number of carboxylic acid groups (broad SMARTS) is 1. The Hall–Kier alpha value is -0.610. The molecule has 1 N–H and O–H groups in total. The minimum atomic E-state index is -0.868. The Balaban J connectivity index is 3.00. The Morgan fingerprint density at radius 3 is 2.67 bits per heavy atom. The molecule has 0 heterocycles. The number of carboxylic acids is 1. The monoisotopic (exact) mass is 200 g/mol. The van der Waals surface area contributed by atoms with Crippen LogP contribution in [0.2, 0.25) is 0 Å². The second-order valence-corrected chi connectivity index (χ2v) is 4.49. The molecule has 0 unspecified atom stereocenters. The number of hydrogen-bond donors (Lipinski definition) is 1. The first kappa shape index (κ1) is 9.48. The lowest BCUT2D eigenvalue weighted by Crippen LogP contribution is -1.97. The van der Waals surface area contributed by atoms with Crippen molar-refractivity contribution in [3.63, 3.8) is 0 Å². The molecule has 0 aromatic heterocycles. The van der Waals surface area contributed by atoms with Crippen molar-refractivity contribution in [3.8, 4) is 0 Å². The predicted octanol–water partition coefficient (Wildman–Crippen LogP) is 2.75. The molecule has 12 heavy (non-hydrogen) atoms. The average Bonchev–Trinajstić information content (AvgIpc) is 2.05. The molecular formula is C8H8O2S2. The van der Waals surface area contributed by atoms with Crippen molar-refractivity contribution in [2.45, 2.75) is 4.90 Å². The van der Waals surface area contributed by atoms with Gasteiger partial charge < -0.3 is 5.11 Å². The van der Waals surface area contributed by atoms with Crippen molar-refractivity contribution in [3.05, 3.63) is 29.8 Å². The summed E-state index contributed by atoms with van der Waals surface area (Å²) in [6.45, 7) is 0. The second-order valence-electron chi connectivity index (χ2n) is 2.05. The standard InChI is InChI=1S/C8H8O2S2/c1-11-12-7-5-3-2-4-6(7)8(9)10/h2-5H,1H3,(H,9,10). The summed E-state index contributed by atoms with van der Waals surface area (Å²) in [5.74, 6) is -0.868. The van der Waals surface area contributed by atoms with Gasteiger partial charge in [-0.25, -0.2) is 4.79 Å². The van der Waals surface area contributed by atoms with Crippen LogP contribution in [-0.4, -0.2) is 17.3 Å². The molecule has 0 fully saturated rings. The highest BCUT2D eigenvalue weighted by molar-refractivity contribution is 8.76. The molecule has 0 aliphatic rings. The maximum Gasteiger partial charge on any atom is 0.336 e. The van der Waals surface area contributed by atoms with E-state index in [0.717, 1.165) is 4.90 Å². The molecular weight excluding hydrogens is 192 g/mol. The minimum absolute atomic E-state index is 0.372. The summed E-state index contributed by atoms with van der Waals surface area (Å²) in [4.78, 5) is 11.5. The number of rotatable bonds is 3. The van der Waals surface area contributed by atoms with Gasteiger partial charge >= 0.3 is 5.97 Å². The van der Waals surface area contributed by atoms with Crippen LogP contribution in [0.5, 0.6) is 0 Å². The summed E-state index contributed by atoms with van der Waals surface area (Å²) in [6.07, 6.45) is 1.92. The number of benzene rings is 1. The van der Waals surface area contributed by atoms with Gasteiger partial charge in [0.25, 0.3) is 0 Å². The topological polar surface area (TPSA) is 37.3 Å². The minimum Gasteiger partial charge on any atom is -0.478 e. The fraction of sp³-hybridized carbons (Fsp3) is 0.125. The SMILES string of the molecule is CSSc1ccccc1C(=O)O. The molecule has 1 aromatic carbocycles. The second kappa shape index (κ2) is 4.42. The van der Waals surface area contributed by atoms with E-state index in [1.54, 1.807) is 12.1 Å². The van der Waals surface area contributed by atoms with Crippen LogP contribution < -0.4 is 0 Å². The van der Waals surface area contributed by atoms with Gasteiger partial charge in [-0.05, 0) is 18.4 Å². The maximum absolute atomic E-state index is 10.7. The lowest BCUT2D eigenvalue weighted by molar-refractivity contribution is 0.0693.